The van der Waals surface area contributed by atoms with Crippen molar-refractivity contribution < 1.29 is 14.3 Å². The van der Waals surface area contributed by atoms with Crippen LogP contribution in [0.2, 0.25) is 0 Å². The van der Waals surface area contributed by atoms with Gasteiger partial charge in [0, 0.05) is 19.5 Å². The molecule has 1 saturated heterocycles. The number of hydrogen-bond donors (Lipinski definition) is 1. The molecule has 1 heterocycles. The molecule has 0 saturated carbocycles. The zero-order valence-electron chi connectivity index (χ0n) is 16.1. The second kappa shape index (κ2) is 8.25. The van der Waals surface area contributed by atoms with Crippen molar-refractivity contribution in [3.63, 3.8) is 0 Å². The van der Waals surface area contributed by atoms with Gasteiger partial charge in [-0.2, -0.15) is 0 Å². The largest absolute Gasteiger partial charge is 0.489 e. The topological polar surface area (TPSA) is 58.6 Å². The van der Waals surface area contributed by atoms with E-state index in [1.807, 2.05) is 69.3 Å². The highest BCUT2D eigenvalue weighted by atomic mass is 16.5. The maximum absolute atomic E-state index is 12.6. The Morgan fingerprint density at radius 1 is 1.19 bits per heavy atom. The van der Waals surface area contributed by atoms with Gasteiger partial charge in [0.15, 0.2) is 0 Å². The summed E-state index contributed by atoms with van der Waals surface area (Å²) in [7, 11) is 0. The van der Waals surface area contributed by atoms with Gasteiger partial charge in [-0.25, -0.2) is 0 Å². The van der Waals surface area contributed by atoms with Gasteiger partial charge in [-0.15, -0.1) is 0 Å². The predicted octanol–water partition coefficient (Wildman–Crippen LogP) is 3.45. The summed E-state index contributed by atoms with van der Waals surface area (Å²) in [5.41, 5.74) is 2.95. The van der Waals surface area contributed by atoms with E-state index >= 15 is 0 Å². The van der Waals surface area contributed by atoms with Crippen LogP contribution in [0.25, 0.3) is 0 Å². The highest BCUT2D eigenvalue weighted by Gasteiger charge is 2.36. The molecule has 0 radical (unpaired) electrons. The van der Waals surface area contributed by atoms with E-state index in [1.54, 1.807) is 4.90 Å². The summed E-state index contributed by atoms with van der Waals surface area (Å²) >= 11 is 0. The van der Waals surface area contributed by atoms with Gasteiger partial charge in [-0.05, 0) is 44.0 Å². The van der Waals surface area contributed by atoms with Crippen LogP contribution in [0.15, 0.2) is 48.5 Å². The molecule has 1 fully saturated rings. The lowest BCUT2D eigenvalue weighted by molar-refractivity contribution is -0.126. The highest BCUT2D eigenvalue weighted by Crippen LogP contribution is 2.33. The molecule has 5 heteroatoms. The molecule has 0 aromatic heterocycles. The molecule has 1 N–H and O–H groups in total. The first-order chi connectivity index (χ1) is 13.0. The first kappa shape index (κ1) is 19.0. The Hall–Kier alpha value is -2.82. The zero-order valence-corrected chi connectivity index (χ0v) is 16.1. The zero-order chi connectivity index (χ0) is 19.4. The molecule has 2 aromatic rings. The van der Waals surface area contributed by atoms with Crippen LogP contribution in [0.4, 0.5) is 5.69 Å². The molecule has 2 aromatic carbocycles. The van der Waals surface area contributed by atoms with Crippen molar-refractivity contribution >= 4 is 17.5 Å². The number of anilines is 1. The summed E-state index contributed by atoms with van der Waals surface area (Å²) in [5, 5.41) is 2.97. The van der Waals surface area contributed by atoms with Crippen LogP contribution in [0.1, 0.15) is 31.4 Å². The van der Waals surface area contributed by atoms with Crippen LogP contribution in [0, 0.1) is 12.8 Å². The van der Waals surface area contributed by atoms with Crippen LogP contribution < -0.4 is 15.0 Å². The SMILES string of the molecule is Cc1ccccc1CNC(=O)C1CC(=O)N(c2ccccc2OC(C)C)C1. The summed E-state index contributed by atoms with van der Waals surface area (Å²) in [6.07, 6.45) is 0.229. The van der Waals surface area contributed by atoms with Crippen LogP contribution in [-0.2, 0) is 16.1 Å². The van der Waals surface area contributed by atoms with Gasteiger partial charge in [0.05, 0.1) is 17.7 Å². The van der Waals surface area contributed by atoms with Gasteiger partial charge < -0.3 is 15.0 Å². The van der Waals surface area contributed by atoms with Crippen molar-refractivity contribution in [2.24, 2.45) is 5.92 Å². The standard InChI is InChI=1S/C22H26N2O3/c1-15(2)27-20-11-7-6-10-19(20)24-14-18(12-21(24)25)22(26)23-13-17-9-5-4-8-16(17)3/h4-11,15,18H,12-14H2,1-3H3,(H,23,26). The lowest BCUT2D eigenvalue weighted by Gasteiger charge is -2.21. The van der Waals surface area contributed by atoms with E-state index in [1.165, 1.54) is 0 Å². The molecule has 2 amide bonds. The third-order valence-corrected chi connectivity index (χ3v) is 4.73. The maximum Gasteiger partial charge on any atom is 0.227 e. The van der Waals surface area contributed by atoms with E-state index in [4.69, 9.17) is 4.74 Å². The molecule has 3 rings (SSSR count). The van der Waals surface area contributed by atoms with Gasteiger partial charge >= 0.3 is 0 Å². The average Bonchev–Trinajstić information content (AvgIpc) is 3.02. The Morgan fingerprint density at radius 3 is 2.63 bits per heavy atom. The number of nitrogens with zero attached hydrogens (tertiary/aromatic N) is 1. The Kier molecular flexibility index (Phi) is 5.79. The number of benzene rings is 2. The number of para-hydroxylation sites is 2. The molecule has 5 nitrogen and oxygen atoms in total. The molecule has 1 aliphatic rings. The van der Waals surface area contributed by atoms with Gasteiger partial charge in [-0.3, -0.25) is 9.59 Å². The fourth-order valence-electron chi connectivity index (χ4n) is 3.28. The molecule has 1 atom stereocenters. The quantitative estimate of drug-likeness (QED) is 0.852. The Balaban J connectivity index is 1.67. The van der Waals surface area contributed by atoms with Crippen molar-refractivity contribution in [1.82, 2.24) is 5.32 Å². The van der Waals surface area contributed by atoms with E-state index in [2.05, 4.69) is 5.32 Å². The van der Waals surface area contributed by atoms with E-state index in [0.717, 1.165) is 16.8 Å². The molecule has 0 aliphatic carbocycles. The molecule has 0 bridgehead atoms. The van der Waals surface area contributed by atoms with E-state index in [9.17, 15) is 9.59 Å². The second-order valence-electron chi connectivity index (χ2n) is 7.18. The lowest BCUT2D eigenvalue weighted by atomic mass is 10.1. The van der Waals surface area contributed by atoms with Crippen molar-refractivity contribution in [1.29, 1.82) is 0 Å². The Labute approximate surface area is 160 Å². The maximum atomic E-state index is 12.6. The number of carbonyl (C=O) groups excluding carboxylic acids is 2. The van der Waals surface area contributed by atoms with Crippen molar-refractivity contribution in [2.45, 2.75) is 39.8 Å². The minimum Gasteiger partial charge on any atom is -0.489 e. The smallest absolute Gasteiger partial charge is 0.227 e. The fraction of sp³-hybridized carbons (Fsp3) is 0.364. The molecule has 1 unspecified atom stereocenters. The fourth-order valence-corrected chi connectivity index (χ4v) is 3.28. The third-order valence-electron chi connectivity index (χ3n) is 4.73. The van der Waals surface area contributed by atoms with Gasteiger partial charge in [-0.1, -0.05) is 36.4 Å². The first-order valence-electron chi connectivity index (χ1n) is 9.34. The Bertz CT molecular complexity index is 832. The number of amides is 2. The van der Waals surface area contributed by atoms with Crippen molar-refractivity contribution in [3.8, 4) is 5.75 Å². The number of ether oxygens (including phenoxy) is 1. The molecular weight excluding hydrogens is 340 g/mol. The Morgan fingerprint density at radius 2 is 1.89 bits per heavy atom. The predicted molar refractivity (Wildman–Crippen MR) is 106 cm³/mol. The lowest BCUT2D eigenvalue weighted by Crippen LogP contribution is -2.33. The molecule has 1 aliphatic heterocycles. The van der Waals surface area contributed by atoms with Crippen LogP contribution in [-0.4, -0.2) is 24.5 Å². The summed E-state index contributed by atoms with van der Waals surface area (Å²) in [5.74, 6) is 0.178. The minimum absolute atomic E-state index is 0.0112. The normalized spacial score (nSPS) is 16.7. The molecular formula is C22H26N2O3. The summed E-state index contributed by atoms with van der Waals surface area (Å²) in [4.78, 5) is 26.8. The molecule has 142 valence electrons. The number of rotatable bonds is 6. The van der Waals surface area contributed by atoms with Gasteiger partial charge in [0.2, 0.25) is 11.8 Å². The number of aryl methyl sites for hydroxylation is 1. The highest BCUT2D eigenvalue weighted by molar-refractivity contribution is 6.01. The van der Waals surface area contributed by atoms with Gasteiger partial charge in [0.1, 0.15) is 5.75 Å². The molecule has 27 heavy (non-hydrogen) atoms. The van der Waals surface area contributed by atoms with Gasteiger partial charge in [0.25, 0.3) is 0 Å². The van der Waals surface area contributed by atoms with Crippen LogP contribution in [0.3, 0.4) is 0 Å². The van der Waals surface area contributed by atoms with Crippen molar-refractivity contribution in [2.75, 3.05) is 11.4 Å². The third kappa shape index (κ3) is 4.48. The van der Waals surface area contributed by atoms with Crippen LogP contribution >= 0.6 is 0 Å². The minimum atomic E-state index is -0.353. The number of carbonyl (C=O) groups is 2. The summed E-state index contributed by atoms with van der Waals surface area (Å²) in [6, 6.07) is 15.4. The van der Waals surface area contributed by atoms with Crippen molar-refractivity contribution in [3.05, 3.63) is 59.7 Å². The van der Waals surface area contributed by atoms with Crippen LogP contribution in [0.5, 0.6) is 5.75 Å². The number of hydrogen-bond acceptors (Lipinski definition) is 3. The summed E-state index contributed by atoms with van der Waals surface area (Å²) in [6.45, 7) is 6.77. The van der Waals surface area contributed by atoms with E-state index in [-0.39, 0.29) is 30.3 Å². The molecule has 0 spiro atoms. The number of nitrogens with one attached hydrogen (secondary N) is 1. The summed E-state index contributed by atoms with van der Waals surface area (Å²) < 4.78 is 5.83. The first-order valence-corrected chi connectivity index (χ1v) is 9.34. The van der Waals surface area contributed by atoms with E-state index in [0.29, 0.717) is 18.8 Å². The monoisotopic (exact) mass is 366 g/mol. The second-order valence-corrected chi connectivity index (χ2v) is 7.18. The van der Waals surface area contributed by atoms with E-state index < -0.39 is 0 Å². The average molecular weight is 366 g/mol.